The Kier molecular flexibility index (Phi) is 4.72. The fourth-order valence-electron chi connectivity index (χ4n) is 2.56. The van der Waals surface area contributed by atoms with Crippen LogP contribution >= 0.6 is 0 Å². The third-order valence-corrected chi connectivity index (χ3v) is 3.66. The largest absolute Gasteiger partial charge is 0.303 e. The van der Waals surface area contributed by atoms with Gasteiger partial charge in [0, 0.05) is 44.7 Å². The van der Waals surface area contributed by atoms with Crippen LogP contribution in [0.25, 0.3) is 0 Å². The summed E-state index contributed by atoms with van der Waals surface area (Å²) in [6.07, 6.45) is 1.07. The molecule has 0 aromatic heterocycles. The highest BCUT2D eigenvalue weighted by molar-refractivity contribution is 5.58. The topological polar surface area (TPSA) is 23.6 Å². The van der Waals surface area contributed by atoms with Gasteiger partial charge in [-0.15, -0.1) is 0 Å². The van der Waals surface area contributed by atoms with Crippen LogP contribution in [0.3, 0.4) is 0 Å². The van der Waals surface area contributed by atoms with Crippen LogP contribution in [0.5, 0.6) is 0 Å². The molecule has 0 spiro atoms. The molecule has 0 saturated carbocycles. The van der Waals surface area contributed by atoms with Gasteiger partial charge in [0.25, 0.3) is 0 Å². The molecule has 0 aliphatic carbocycles. The Morgan fingerprint density at radius 1 is 1.05 bits per heavy atom. The monoisotopic (exact) mass is 260 g/mol. The SMILES string of the molecule is CC(C)(C=O)CN1CCN(Cc2ccccc2)CC1. The summed E-state index contributed by atoms with van der Waals surface area (Å²) in [5.74, 6) is 0. The summed E-state index contributed by atoms with van der Waals surface area (Å²) in [4.78, 5) is 15.9. The average Bonchev–Trinajstić information content (AvgIpc) is 2.42. The molecule has 2 rings (SSSR count). The van der Waals surface area contributed by atoms with Crippen molar-refractivity contribution in [2.75, 3.05) is 32.7 Å². The Labute approximate surface area is 116 Å². The third kappa shape index (κ3) is 4.44. The number of nitrogens with zero attached hydrogens (tertiary/aromatic N) is 2. The van der Waals surface area contributed by atoms with Crippen molar-refractivity contribution in [2.24, 2.45) is 5.41 Å². The number of benzene rings is 1. The number of aldehydes is 1. The Morgan fingerprint density at radius 3 is 2.21 bits per heavy atom. The van der Waals surface area contributed by atoms with E-state index in [9.17, 15) is 4.79 Å². The van der Waals surface area contributed by atoms with Crippen LogP contribution < -0.4 is 0 Å². The van der Waals surface area contributed by atoms with Gasteiger partial charge in [0.2, 0.25) is 0 Å². The van der Waals surface area contributed by atoms with Crippen LogP contribution in [-0.4, -0.2) is 48.8 Å². The van der Waals surface area contributed by atoms with Gasteiger partial charge in [0.1, 0.15) is 6.29 Å². The molecule has 0 N–H and O–H groups in total. The summed E-state index contributed by atoms with van der Waals surface area (Å²) in [7, 11) is 0. The minimum atomic E-state index is -0.221. The summed E-state index contributed by atoms with van der Waals surface area (Å²) in [6, 6.07) is 10.6. The first-order valence-electron chi connectivity index (χ1n) is 7.04. The van der Waals surface area contributed by atoms with Crippen molar-refractivity contribution < 1.29 is 4.79 Å². The van der Waals surface area contributed by atoms with Crippen LogP contribution in [0.2, 0.25) is 0 Å². The van der Waals surface area contributed by atoms with Gasteiger partial charge in [-0.05, 0) is 5.56 Å². The maximum atomic E-state index is 11.0. The molecule has 19 heavy (non-hydrogen) atoms. The predicted molar refractivity (Wildman–Crippen MR) is 78.0 cm³/mol. The van der Waals surface area contributed by atoms with Crippen molar-refractivity contribution >= 4 is 6.29 Å². The molecule has 1 aromatic rings. The molecule has 1 aliphatic rings. The first-order chi connectivity index (χ1) is 9.09. The van der Waals surface area contributed by atoms with Crippen LogP contribution in [0.4, 0.5) is 0 Å². The molecule has 1 heterocycles. The van der Waals surface area contributed by atoms with Crippen molar-refractivity contribution in [3.63, 3.8) is 0 Å². The molecule has 1 saturated heterocycles. The summed E-state index contributed by atoms with van der Waals surface area (Å²) in [5, 5.41) is 0. The number of hydrogen-bond acceptors (Lipinski definition) is 3. The summed E-state index contributed by atoms with van der Waals surface area (Å²) < 4.78 is 0. The van der Waals surface area contributed by atoms with Gasteiger partial charge in [-0.1, -0.05) is 44.2 Å². The van der Waals surface area contributed by atoms with E-state index in [1.807, 2.05) is 13.8 Å². The van der Waals surface area contributed by atoms with Crippen molar-refractivity contribution in [3.05, 3.63) is 35.9 Å². The minimum absolute atomic E-state index is 0.221. The molecular formula is C16H24N2O. The second kappa shape index (κ2) is 6.31. The number of rotatable bonds is 5. The van der Waals surface area contributed by atoms with Crippen LogP contribution in [0.15, 0.2) is 30.3 Å². The van der Waals surface area contributed by atoms with Crippen molar-refractivity contribution in [3.8, 4) is 0 Å². The number of piperazine rings is 1. The number of carbonyl (C=O) groups excluding carboxylic acids is 1. The van der Waals surface area contributed by atoms with Gasteiger partial charge in [-0.3, -0.25) is 9.80 Å². The van der Waals surface area contributed by atoms with Crippen LogP contribution in [0, 0.1) is 5.41 Å². The third-order valence-electron chi connectivity index (χ3n) is 3.66. The molecule has 0 unspecified atom stereocenters. The molecular weight excluding hydrogens is 236 g/mol. The van der Waals surface area contributed by atoms with E-state index in [0.29, 0.717) is 0 Å². The van der Waals surface area contributed by atoms with E-state index >= 15 is 0 Å². The van der Waals surface area contributed by atoms with E-state index < -0.39 is 0 Å². The lowest BCUT2D eigenvalue weighted by Crippen LogP contribution is -2.48. The Hall–Kier alpha value is -1.19. The Bertz CT molecular complexity index is 394. The molecule has 0 atom stereocenters. The first kappa shape index (κ1) is 14.2. The molecule has 3 nitrogen and oxygen atoms in total. The molecule has 3 heteroatoms. The summed E-state index contributed by atoms with van der Waals surface area (Å²) >= 11 is 0. The molecule has 0 radical (unpaired) electrons. The van der Waals surface area contributed by atoms with Crippen molar-refractivity contribution in [1.29, 1.82) is 0 Å². The number of carbonyl (C=O) groups is 1. The molecule has 1 aromatic carbocycles. The summed E-state index contributed by atoms with van der Waals surface area (Å²) in [5.41, 5.74) is 1.16. The molecule has 0 amide bonds. The van der Waals surface area contributed by atoms with E-state index in [-0.39, 0.29) is 5.41 Å². The zero-order valence-corrected chi connectivity index (χ0v) is 12.0. The van der Waals surface area contributed by atoms with Gasteiger partial charge < -0.3 is 4.79 Å². The van der Waals surface area contributed by atoms with Gasteiger partial charge >= 0.3 is 0 Å². The van der Waals surface area contributed by atoms with E-state index in [4.69, 9.17) is 0 Å². The van der Waals surface area contributed by atoms with Gasteiger partial charge in [-0.2, -0.15) is 0 Å². The fourth-order valence-corrected chi connectivity index (χ4v) is 2.56. The van der Waals surface area contributed by atoms with E-state index in [1.54, 1.807) is 0 Å². The highest BCUT2D eigenvalue weighted by Gasteiger charge is 2.24. The molecule has 0 bridgehead atoms. The minimum Gasteiger partial charge on any atom is -0.303 e. The highest BCUT2D eigenvalue weighted by Crippen LogP contribution is 2.15. The van der Waals surface area contributed by atoms with Crippen LogP contribution in [0.1, 0.15) is 19.4 Å². The normalized spacial score (nSPS) is 18.4. The summed E-state index contributed by atoms with van der Waals surface area (Å²) in [6.45, 7) is 10.2. The quantitative estimate of drug-likeness (QED) is 0.757. The van der Waals surface area contributed by atoms with E-state index in [0.717, 1.165) is 45.6 Å². The highest BCUT2D eigenvalue weighted by atomic mass is 16.1. The second-order valence-electron chi connectivity index (χ2n) is 6.14. The first-order valence-corrected chi connectivity index (χ1v) is 7.04. The van der Waals surface area contributed by atoms with E-state index in [1.165, 1.54) is 5.56 Å². The molecule has 1 fully saturated rings. The zero-order chi connectivity index (χ0) is 13.7. The smallest absolute Gasteiger partial charge is 0.126 e. The van der Waals surface area contributed by atoms with Gasteiger partial charge in [0.05, 0.1) is 0 Å². The Balaban J connectivity index is 1.78. The lowest BCUT2D eigenvalue weighted by atomic mass is 9.95. The fraction of sp³-hybridized carbons (Fsp3) is 0.562. The zero-order valence-electron chi connectivity index (χ0n) is 12.0. The number of hydrogen-bond donors (Lipinski definition) is 0. The molecule has 1 aliphatic heterocycles. The molecule has 104 valence electrons. The predicted octanol–water partition coefficient (Wildman–Crippen LogP) is 2.03. The maximum absolute atomic E-state index is 11.0. The Morgan fingerprint density at radius 2 is 1.63 bits per heavy atom. The maximum Gasteiger partial charge on any atom is 0.126 e. The standard InChI is InChI=1S/C16H24N2O/c1-16(2,14-19)13-18-10-8-17(9-11-18)12-15-6-4-3-5-7-15/h3-7,14H,8-13H2,1-2H3. The van der Waals surface area contributed by atoms with Crippen molar-refractivity contribution in [1.82, 2.24) is 9.80 Å². The van der Waals surface area contributed by atoms with Crippen LogP contribution in [-0.2, 0) is 11.3 Å². The van der Waals surface area contributed by atoms with Gasteiger partial charge in [0.15, 0.2) is 0 Å². The van der Waals surface area contributed by atoms with E-state index in [2.05, 4.69) is 40.1 Å². The lowest BCUT2D eigenvalue weighted by Gasteiger charge is -2.37. The van der Waals surface area contributed by atoms with Gasteiger partial charge in [-0.25, -0.2) is 0 Å². The van der Waals surface area contributed by atoms with Crippen molar-refractivity contribution in [2.45, 2.75) is 20.4 Å². The lowest BCUT2D eigenvalue weighted by molar-refractivity contribution is -0.115. The average molecular weight is 260 g/mol. The second-order valence-corrected chi connectivity index (χ2v) is 6.14.